The van der Waals surface area contributed by atoms with Crippen LogP contribution in [-0.2, 0) is 21.2 Å². The van der Waals surface area contributed by atoms with Crippen LogP contribution in [0.1, 0.15) is 41.6 Å². The van der Waals surface area contributed by atoms with E-state index in [2.05, 4.69) is 5.32 Å². The average molecular weight is 449 g/mol. The summed E-state index contributed by atoms with van der Waals surface area (Å²) in [6.07, 6.45) is 1.95. The standard InChI is InChI=1S/C22H25ClN2O4S/c1-25(2)20(26)17-7-5-16(6-8-17)15-24-21(27)22(13-3-4-14-22)30(28,29)19-11-9-18(23)10-12-19/h5-12H,3-4,13-15H2,1-2H3,(H,24,27). The van der Waals surface area contributed by atoms with Crippen molar-refractivity contribution < 1.29 is 18.0 Å². The number of benzene rings is 2. The molecular formula is C22H25ClN2O4S. The van der Waals surface area contributed by atoms with E-state index in [0.717, 1.165) is 5.56 Å². The van der Waals surface area contributed by atoms with Crippen LogP contribution in [-0.4, -0.2) is 44.0 Å². The van der Waals surface area contributed by atoms with Gasteiger partial charge in [-0.1, -0.05) is 36.6 Å². The maximum atomic E-state index is 13.4. The Morgan fingerprint density at radius 3 is 2.10 bits per heavy atom. The lowest BCUT2D eigenvalue weighted by Gasteiger charge is -2.27. The van der Waals surface area contributed by atoms with E-state index in [1.165, 1.54) is 29.2 Å². The lowest BCUT2D eigenvalue weighted by Crippen LogP contribution is -2.50. The number of carbonyl (C=O) groups is 2. The van der Waals surface area contributed by atoms with Crippen LogP contribution in [0.3, 0.4) is 0 Å². The predicted molar refractivity (Wildman–Crippen MR) is 116 cm³/mol. The van der Waals surface area contributed by atoms with Crippen LogP contribution in [0.4, 0.5) is 0 Å². The first-order valence-corrected chi connectivity index (χ1v) is 11.6. The molecule has 0 heterocycles. The van der Waals surface area contributed by atoms with E-state index in [4.69, 9.17) is 11.6 Å². The van der Waals surface area contributed by atoms with Crippen molar-refractivity contribution in [1.82, 2.24) is 10.2 Å². The molecule has 160 valence electrons. The Kier molecular flexibility index (Phi) is 6.53. The van der Waals surface area contributed by atoms with E-state index < -0.39 is 20.5 Å². The fourth-order valence-corrected chi connectivity index (χ4v) is 5.98. The minimum Gasteiger partial charge on any atom is -0.351 e. The highest BCUT2D eigenvalue weighted by molar-refractivity contribution is 7.93. The fourth-order valence-electron chi connectivity index (χ4n) is 3.77. The smallest absolute Gasteiger partial charge is 0.253 e. The molecule has 0 aromatic heterocycles. The second-order valence-electron chi connectivity index (χ2n) is 7.74. The number of nitrogens with one attached hydrogen (secondary N) is 1. The maximum absolute atomic E-state index is 13.4. The van der Waals surface area contributed by atoms with Gasteiger partial charge in [-0.3, -0.25) is 9.59 Å². The zero-order valence-electron chi connectivity index (χ0n) is 17.0. The van der Waals surface area contributed by atoms with Crippen molar-refractivity contribution >= 4 is 33.3 Å². The molecule has 2 amide bonds. The molecule has 8 heteroatoms. The van der Waals surface area contributed by atoms with Crippen molar-refractivity contribution in [2.45, 2.75) is 41.9 Å². The zero-order chi connectivity index (χ0) is 21.9. The van der Waals surface area contributed by atoms with Gasteiger partial charge in [-0.25, -0.2) is 8.42 Å². The Balaban J connectivity index is 1.78. The number of hydrogen-bond acceptors (Lipinski definition) is 4. The molecule has 6 nitrogen and oxygen atoms in total. The molecule has 2 aromatic carbocycles. The van der Waals surface area contributed by atoms with Gasteiger partial charge in [0.05, 0.1) is 4.90 Å². The maximum Gasteiger partial charge on any atom is 0.253 e. The van der Waals surface area contributed by atoms with Gasteiger partial charge >= 0.3 is 0 Å². The molecule has 0 radical (unpaired) electrons. The van der Waals surface area contributed by atoms with Gasteiger partial charge in [0.25, 0.3) is 5.91 Å². The Hall–Kier alpha value is -2.38. The quantitative estimate of drug-likeness (QED) is 0.733. The molecule has 30 heavy (non-hydrogen) atoms. The van der Waals surface area contributed by atoms with Gasteiger partial charge in [0.2, 0.25) is 5.91 Å². The highest BCUT2D eigenvalue weighted by Crippen LogP contribution is 2.41. The van der Waals surface area contributed by atoms with E-state index in [9.17, 15) is 18.0 Å². The van der Waals surface area contributed by atoms with Crippen LogP contribution in [0.2, 0.25) is 5.02 Å². The summed E-state index contributed by atoms with van der Waals surface area (Å²) in [6.45, 7) is 0.188. The van der Waals surface area contributed by atoms with E-state index in [0.29, 0.717) is 36.3 Å². The molecule has 1 aliphatic carbocycles. The normalized spacial score (nSPS) is 15.6. The highest BCUT2D eigenvalue weighted by Gasteiger charge is 2.52. The molecule has 1 saturated carbocycles. The number of carbonyl (C=O) groups excluding carboxylic acids is 2. The molecule has 0 saturated heterocycles. The van der Waals surface area contributed by atoms with Crippen molar-refractivity contribution in [2.75, 3.05) is 14.1 Å². The van der Waals surface area contributed by atoms with Gasteiger partial charge in [-0.15, -0.1) is 0 Å². The summed E-state index contributed by atoms with van der Waals surface area (Å²) in [7, 11) is -0.511. The molecule has 1 fully saturated rings. The van der Waals surface area contributed by atoms with Crippen molar-refractivity contribution in [3.63, 3.8) is 0 Å². The second-order valence-corrected chi connectivity index (χ2v) is 10.4. The Morgan fingerprint density at radius 2 is 1.57 bits per heavy atom. The van der Waals surface area contributed by atoms with Crippen LogP contribution < -0.4 is 5.32 Å². The number of rotatable bonds is 6. The summed E-state index contributed by atoms with van der Waals surface area (Å²) in [5, 5.41) is 3.24. The van der Waals surface area contributed by atoms with Gasteiger partial charge in [0.1, 0.15) is 0 Å². The topological polar surface area (TPSA) is 83.6 Å². The number of sulfone groups is 1. The number of hydrogen-bond donors (Lipinski definition) is 1. The van der Waals surface area contributed by atoms with Crippen molar-refractivity contribution in [3.05, 3.63) is 64.7 Å². The SMILES string of the molecule is CN(C)C(=O)c1ccc(CNC(=O)C2(S(=O)(=O)c3ccc(Cl)cc3)CCCC2)cc1. The summed E-state index contributed by atoms with van der Waals surface area (Å²) in [4.78, 5) is 26.7. The van der Waals surface area contributed by atoms with Gasteiger partial charge in [0, 0.05) is 31.2 Å². The van der Waals surface area contributed by atoms with Crippen LogP contribution >= 0.6 is 11.6 Å². The van der Waals surface area contributed by atoms with E-state index in [1.807, 2.05) is 0 Å². The van der Waals surface area contributed by atoms with Crippen LogP contribution in [0, 0.1) is 0 Å². The summed E-state index contributed by atoms with van der Waals surface area (Å²) in [6, 6.07) is 12.8. The Morgan fingerprint density at radius 1 is 1.00 bits per heavy atom. The van der Waals surface area contributed by atoms with Crippen molar-refractivity contribution in [1.29, 1.82) is 0 Å². The third-order valence-corrected chi connectivity index (χ3v) is 8.29. The molecular weight excluding hydrogens is 424 g/mol. The summed E-state index contributed by atoms with van der Waals surface area (Å²) in [5.74, 6) is -0.590. The summed E-state index contributed by atoms with van der Waals surface area (Å²) in [5.41, 5.74) is 1.34. The van der Waals surface area contributed by atoms with Crippen molar-refractivity contribution in [3.8, 4) is 0 Å². The van der Waals surface area contributed by atoms with Crippen LogP contribution in [0.5, 0.6) is 0 Å². The van der Waals surface area contributed by atoms with Gasteiger partial charge in [-0.05, 0) is 54.8 Å². The number of amides is 2. The monoisotopic (exact) mass is 448 g/mol. The van der Waals surface area contributed by atoms with Crippen LogP contribution in [0.25, 0.3) is 0 Å². The summed E-state index contributed by atoms with van der Waals surface area (Å²) >= 11 is 5.89. The lowest BCUT2D eigenvalue weighted by atomic mass is 10.1. The highest BCUT2D eigenvalue weighted by atomic mass is 35.5. The summed E-state index contributed by atoms with van der Waals surface area (Å²) < 4.78 is 25.2. The molecule has 3 rings (SSSR count). The lowest BCUT2D eigenvalue weighted by molar-refractivity contribution is -0.123. The Labute approximate surface area is 182 Å². The zero-order valence-corrected chi connectivity index (χ0v) is 18.6. The molecule has 0 unspecified atom stereocenters. The first-order valence-electron chi connectivity index (χ1n) is 9.76. The first kappa shape index (κ1) is 22.3. The number of nitrogens with zero attached hydrogens (tertiary/aromatic N) is 1. The first-order chi connectivity index (χ1) is 14.2. The van der Waals surface area contributed by atoms with E-state index in [-0.39, 0.29) is 17.3 Å². The molecule has 0 aliphatic heterocycles. The average Bonchev–Trinajstić information content (AvgIpc) is 3.24. The van der Waals surface area contributed by atoms with E-state index >= 15 is 0 Å². The van der Waals surface area contributed by atoms with Crippen molar-refractivity contribution in [2.24, 2.45) is 0 Å². The van der Waals surface area contributed by atoms with Gasteiger partial charge < -0.3 is 10.2 Å². The predicted octanol–water partition coefficient (Wildman–Crippen LogP) is 3.44. The van der Waals surface area contributed by atoms with E-state index in [1.54, 1.807) is 38.4 Å². The Bertz CT molecular complexity index is 1030. The van der Waals surface area contributed by atoms with Crippen LogP contribution in [0.15, 0.2) is 53.4 Å². The molecule has 2 aromatic rings. The minimum absolute atomic E-state index is 0.107. The number of halogens is 1. The third kappa shape index (κ3) is 4.23. The third-order valence-electron chi connectivity index (χ3n) is 5.52. The molecule has 0 bridgehead atoms. The van der Waals surface area contributed by atoms with Gasteiger partial charge in [-0.2, -0.15) is 0 Å². The van der Waals surface area contributed by atoms with Gasteiger partial charge in [0.15, 0.2) is 14.6 Å². The molecule has 1 N–H and O–H groups in total. The fraction of sp³-hybridized carbons (Fsp3) is 0.364. The molecule has 0 atom stereocenters. The largest absolute Gasteiger partial charge is 0.351 e. The molecule has 1 aliphatic rings. The minimum atomic E-state index is -3.87. The second kappa shape index (κ2) is 8.78. The molecule has 0 spiro atoms.